The van der Waals surface area contributed by atoms with Gasteiger partial charge in [-0.2, -0.15) is 0 Å². The zero-order valence-electron chi connectivity index (χ0n) is 11.8. The molecule has 2 N–H and O–H groups in total. The van der Waals surface area contributed by atoms with Crippen LogP contribution in [0, 0.1) is 5.92 Å². The van der Waals surface area contributed by atoms with Crippen LogP contribution in [-0.4, -0.2) is 53.0 Å². The number of nitrogens with zero attached hydrogens (tertiary/aromatic N) is 4. The average molecular weight is 342 g/mol. The monoisotopic (exact) mass is 341 g/mol. The third-order valence-corrected chi connectivity index (χ3v) is 3.89. The summed E-state index contributed by atoms with van der Waals surface area (Å²) in [6.07, 6.45) is 3.46. The number of hydrogen-bond donors (Lipinski definition) is 1. The Hall–Kier alpha value is -1.21. The Morgan fingerprint density at radius 1 is 1.25 bits per heavy atom. The molecule has 0 radical (unpaired) electrons. The van der Waals surface area contributed by atoms with Crippen LogP contribution in [-0.2, 0) is 4.79 Å². The standard InChI is InChI=1S/C13H20BrN5O/c1-9(2)11(15)12(20)18-3-5-19(6-4-18)13-16-7-10(14)8-17-13/h7-9,11H,3-6,15H2,1-2H3/t11-/m1/s1. The molecule has 0 aliphatic carbocycles. The van der Waals surface area contributed by atoms with Crippen molar-refractivity contribution in [2.75, 3.05) is 31.1 Å². The predicted octanol–water partition coefficient (Wildman–Crippen LogP) is 0.871. The van der Waals surface area contributed by atoms with Crippen molar-refractivity contribution in [3.8, 4) is 0 Å². The Morgan fingerprint density at radius 2 is 1.80 bits per heavy atom. The lowest BCUT2D eigenvalue weighted by molar-refractivity contribution is -0.133. The van der Waals surface area contributed by atoms with Gasteiger partial charge in [0.1, 0.15) is 0 Å². The molecule has 6 nitrogen and oxygen atoms in total. The fraction of sp³-hybridized carbons (Fsp3) is 0.615. The summed E-state index contributed by atoms with van der Waals surface area (Å²) in [6, 6.07) is -0.412. The van der Waals surface area contributed by atoms with E-state index in [9.17, 15) is 4.79 Å². The zero-order chi connectivity index (χ0) is 14.7. The predicted molar refractivity (Wildman–Crippen MR) is 81.3 cm³/mol. The van der Waals surface area contributed by atoms with Crippen LogP contribution < -0.4 is 10.6 Å². The number of hydrogen-bond acceptors (Lipinski definition) is 5. The van der Waals surface area contributed by atoms with Crippen molar-refractivity contribution in [2.45, 2.75) is 19.9 Å². The number of aromatic nitrogens is 2. The second kappa shape index (κ2) is 6.49. The molecule has 0 bridgehead atoms. The summed E-state index contributed by atoms with van der Waals surface area (Å²) < 4.78 is 0.859. The van der Waals surface area contributed by atoms with Crippen molar-refractivity contribution in [1.29, 1.82) is 0 Å². The Morgan fingerprint density at radius 3 is 2.30 bits per heavy atom. The van der Waals surface area contributed by atoms with Gasteiger partial charge in [0.25, 0.3) is 0 Å². The number of carbonyl (C=O) groups is 1. The van der Waals surface area contributed by atoms with Crippen LogP contribution in [0.3, 0.4) is 0 Å². The molecule has 2 heterocycles. The maximum Gasteiger partial charge on any atom is 0.239 e. The highest BCUT2D eigenvalue weighted by molar-refractivity contribution is 9.10. The Labute approximate surface area is 127 Å². The minimum absolute atomic E-state index is 0.0383. The molecule has 0 saturated carbocycles. The summed E-state index contributed by atoms with van der Waals surface area (Å²) in [6.45, 7) is 6.73. The summed E-state index contributed by atoms with van der Waals surface area (Å²) >= 11 is 3.32. The number of piperazine rings is 1. The highest BCUT2D eigenvalue weighted by Crippen LogP contribution is 2.14. The van der Waals surface area contributed by atoms with Crippen LogP contribution >= 0.6 is 15.9 Å². The van der Waals surface area contributed by atoms with Crippen molar-refractivity contribution in [3.63, 3.8) is 0 Å². The second-order valence-corrected chi connectivity index (χ2v) is 6.20. The van der Waals surface area contributed by atoms with Gasteiger partial charge in [-0.25, -0.2) is 9.97 Å². The minimum atomic E-state index is -0.412. The third-order valence-electron chi connectivity index (χ3n) is 3.48. The molecule has 1 fully saturated rings. The number of amides is 1. The Balaban J connectivity index is 1.92. The molecule has 1 amide bonds. The molecule has 20 heavy (non-hydrogen) atoms. The van der Waals surface area contributed by atoms with Gasteiger partial charge >= 0.3 is 0 Å². The van der Waals surface area contributed by atoms with Gasteiger partial charge in [0.15, 0.2) is 0 Å². The lowest BCUT2D eigenvalue weighted by atomic mass is 10.0. The van der Waals surface area contributed by atoms with Crippen molar-refractivity contribution in [2.24, 2.45) is 11.7 Å². The van der Waals surface area contributed by atoms with E-state index in [0.717, 1.165) is 17.6 Å². The summed E-state index contributed by atoms with van der Waals surface area (Å²) in [5.41, 5.74) is 5.92. The second-order valence-electron chi connectivity index (χ2n) is 5.28. The van der Waals surface area contributed by atoms with Crippen LogP contribution in [0.4, 0.5) is 5.95 Å². The highest BCUT2D eigenvalue weighted by atomic mass is 79.9. The fourth-order valence-corrected chi connectivity index (χ4v) is 2.30. The third kappa shape index (κ3) is 3.46. The molecule has 2 rings (SSSR count). The number of anilines is 1. The van der Waals surface area contributed by atoms with E-state index in [1.165, 1.54) is 0 Å². The first-order chi connectivity index (χ1) is 9.49. The van der Waals surface area contributed by atoms with Gasteiger partial charge in [0, 0.05) is 38.6 Å². The summed E-state index contributed by atoms with van der Waals surface area (Å²) in [5, 5.41) is 0. The fourth-order valence-electron chi connectivity index (χ4n) is 2.09. The van der Waals surface area contributed by atoms with Gasteiger partial charge in [-0.05, 0) is 21.8 Å². The van der Waals surface area contributed by atoms with Gasteiger partial charge < -0.3 is 15.5 Å². The first-order valence-electron chi connectivity index (χ1n) is 6.76. The first kappa shape index (κ1) is 15.2. The van der Waals surface area contributed by atoms with E-state index < -0.39 is 6.04 Å². The summed E-state index contributed by atoms with van der Waals surface area (Å²) in [5.74, 6) is 0.903. The van der Waals surface area contributed by atoms with Crippen LogP contribution in [0.5, 0.6) is 0 Å². The van der Waals surface area contributed by atoms with E-state index >= 15 is 0 Å². The van der Waals surface area contributed by atoms with E-state index in [1.54, 1.807) is 12.4 Å². The van der Waals surface area contributed by atoms with Gasteiger partial charge in [0.05, 0.1) is 10.5 Å². The molecule has 0 spiro atoms. The lowest BCUT2D eigenvalue weighted by Gasteiger charge is -2.36. The molecule has 1 aromatic rings. The van der Waals surface area contributed by atoms with E-state index in [4.69, 9.17) is 5.73 Å². The van der Waals surface area contributed by atoms with Gasteiger partial charge in [-0.3, -0.25) is 4.79 Å². The number of halogens is 1. The van der Waals surface area contributed by atoms with Crippen LogP contribution in [0.15, 0.2) is 16.9 Å². The SMILES string of the molecule is CC(C)[C@@H](N)C(=O)N1CCN(c2ncc(Br)cn2)CC1. The van der Waals surface area contributed by atoms with Gasteiger partial charge in [-0.15, -0.1) is 0 Å². The summed E-state index contributed by atoms with van der Waals surface area (Å²) in [4.78, 5) is 24.6. The molecule has 1 atom stereocenters. The highest BCUT2D eigenvalue weighted by Gasteiger charge is 2.27. The maximum atomic E-state index is 12.2. The van der Waals surface area contributed by atoms with E-state index in [-0.39, 0.29) is 11.8 Å². The molecule has 1 aromatic heterocycles. The van der Waals surface area contributed by atoms with Crippen molar-refractivity contribution >= 4 is 27.8 Å². The molecule has 0 aromatic carbocycles. The molecule has 1 aliphatic heterocycles. The van der Waals surface area contributed by atoms with Crippen LogP contribution in [0.1, 0.15) is 13.8 Å². The van der Waals surface area contributed by atoms with Crippen LogP contribution in [0.25, 0.3) is 0 Å². The quantitative estimate of drug-likeness (QED) is 0.882. The Bertz CT molecular complexity index is 456. The van der Waals surface area contributed by atoms with Gasteiger partial charge in [0.2, 0.25) is 11.9 Å². The van der Waals surface area contributed by atoms with Crippen molar-refractivity contribution in [3.05, 3.63) is 16.9 Å². The molecular formula is C13H20BrN5O. The Kier molecular flexibility index (Phi) is 4.93. The normalized spacial score (nSPS) is 17.4. The number of carbonyl (C=O) groups excluding carboxylic acids is 1. The first-order valence-corrected chi connectivity index (χ1v) is 7.55. The molecule has 110 valence electrons. The topological polar surface area (TPSA) is 75.4 Å². The maximum absolute atomic E-state index is 12.2. The van der Waals surface area contributed by atoms with Crippen molar-refractivity contribution in [1.82, 2.24) is 14.9 Å². The van der Waals surface area contributed by atoms with Crippen molar-refractivity contribution < 1.29 is 4.79 Å². The number of nitrogens with two attached hydrogens (primary N) is 1. The zero-order valence-corrected chi connectivity index (χ0v) is 13.4. The van der Waals surface area contributed by atoms with E-state index in [1.807, 2.05) is 18.7 Å². The average Bonchev–Trinajstić information content (AvgIpc) is 2.46. The lowest BCUT2D eigenvalue weighted by Crippen LogP contribution is -2.54. The van der Waals surface area contributed by atoms with Crippen LogP contribution in [0.2, 0.25) is 0 Å². The minimum Gasteiger partial charge on any atom is -0.338 e. The van der Waals surface area contributed by atoms with E-state index in [2.05, 4.69) is 30.8 Å². The molecule has 7 heteroatoms. The smallest absolute Gasteiger partial charge is 0.239 e. The molecule has 1 aliphatic rings. The number of rotatable bonds is 3. The molecular weight excluding hydrogens is 322 g/mol. The molecule has 0 unspecified atom stereocenters. The van der Waals surface area contributed by atoms with E-state index in [0.29, 0.717) is 19.0 Å². The molecule has 1 saturated heterocycles. The summed E-state index contributed by atoms with van der Waals surface area (Å²) in [7, 11) is 0. The largest absolute Gasteiger partial charge is 0.338 e. The van der Waals surface area contributed by atoms with Gasteiger partial charge in [-0.1, -0.05) is 13.8 Å².